The van der Waals surface area contributed by atoms with E-state index in [1.807, 2.05) is 0 Å². The zero-order valence-corrected chi connectivity index (χ0v) is 11.6. The Hall–Kier alpha value is -2.57. The number of hydrogen-bond donors (Lipinski definition) is 3. The second kappa shape index (κ2) is 6.25. The topological polar surface area (TPSA) is 98.7 Å². The van der Waals surface area contributed by atoms with Gasteiger partial charge in [-0.2, -0.15) is 0 Å². The zero-order valence-electron chi connectivity index (χ0n) is 11.6. The van der Waals surface area contributed by atoms with Gasteiger partial charge < -0.3 is 20.6 Å². The Morgan fingerprint density at radius 3 is 2.24 bits per heavy atom. The summed E-state index contributed by atoms with van der Waals surface area (Å²) >= 11 is 0. The third-order valence-corrected chi connectivity index (χ3v) is 3.26. The van der Waals surface area contributed by atoms with E-state index in [-0.39, 0.29) is 5.91 Å². The fraction of sp³-hybridized carbons (Fsp3) is 0.357. The number of likely N-dealkylation sites (tertiary alicyclic amines) is 1. The molecule has 1 aliphatic heterocycles. The average Bonchev–Trinajstić information content (AvgIpc) is 2.90. The molecule has 1 heterocycles. The molecule has 0 bridgehead atoms. The van der Waals surface area contributed by atoms with E-state index < -0.39 is 18.0 Å². The molecule has 0 radical (unpaired) electrons. The molecule has 1 saturated heterocycles. The van der Waals surface area contributed by atoms with Crippen LogP contribution in [0, 0.1) is 0 Å². The molecule has 112 valence electrons. The van der Waals surface area contributed by atoms with E-state index in [0.29, 0.717) is 30.8 Å². The number of carboxylic acids is 1. The van der Waals surface area contributed by atoms with E-state index in [2.05, 4.69) is 10.6 Å². The minimum atomic E-state index is -0.983. The summed E-state index contributed by atoms with van der Waals surface area (Å²) < 4.78 is 0. The number of rotatable bonds is 3. The van der Waals surface area contributed by atoms with Crippen LogP contribution >= 0.6 is 0 Å². The SMILES string of the molecule is CC(=O)Nc1ccc(NC(=O)N2CCC[C@@H]2C(=O)O)cc1. The summed E-state index contributed by atoms with van der Waals surface area (Å²) in [6.07, 6.45) is 1.16. The predicted octanol–water partition coefficient (Wildman–Crippen LogP) is 1.73. The lowest BCUT2D eigenvalue weighted by Gasteiger charge is -2.21. The summed E-state index contributed by atoms with van der Waals surface area (Å²) in [5.41, 5.74) is 1.18. The number of hydrogen-bond acceptors (Lipinski definition) is 3. The van der Waals surface area contributed by atoms with Crippen molar-refractivity contribution in [2.24, 2.45) is 0 Å². The molecule has 0 unspecified atom stereocenters. The molecular weight excluding hydrogens is 274 g/mol. The first-order valence-corrected chi connectivity index (χ1v) is 6.65. The Morgan fingerprint density at radius 2 is 1.71 bits per heavy atom. The molecule has 1 fully saturated rings. The van der Waals surface area contributed by atoms with E-state index in [4.69, 9.17) is 5.11 Å². The lowest BCUT2D eigenvalue weighted by molar-refractivity contribution is -0.141. The van der Waals surface area contributed by atoms with E-state index in [1.165, 1.54) is 11.8 Å². The van der Waals surface area contributed by atoms with Crippen LogP contribution in [-0.2, 0) is 9.59 Å². The number of urea groups is 1. The second-order valence-corrected chi connectivity index (χ2v) is 4.88. The number of carbonyl (C=O) groups is 3. The number of nitrogens with one attached hydrogen (secondary N) is 2. The standard InChI is InChI=1S/C14H17N3O4/c1-9(18)15-10-4-6-11(7-5-10)16-14(21)17-8-2-3-12(17)13(19)20/h4-7,12H,2-3,8H2,1H3,(H,15,18)(H,16,21)(H,19,20)/t12-/m1/s1. The first-order valence-electron chi connectivity index (χ1n) is 6.65. The molecule has 0 saturated carbocycles. The highest BCUT2D eigenvalue weighted by molar-refractivity contribution is 5.93. The average molecular weight is 291 g/mol. The number of aliphatic carboxylic acids is 1. The van der Waals surface area contributed by atoms with E-state index in [1.54, 1.807) is 24.3 Å². The molecule has 7 nitrogen and oxygen atoms in total. The molecule has 0 spiro atoms. The maximum absolute atomic E-state index is 12.1. The number of carboxylic acid groups (broad SMARTS) is 1. The zero-order chi connectivity index (χ0) is 15.4. The van der Waals surface area contributed by atoms with E-state index >= 15 is 0 Å². The number of nitrogens with zero attached hydrogens (tertiary/aromatic N) is 1. The van der Waals surface area contributed by atoms with Crippen molar-refractivity contribution in [2.45, 2.75) is 25.8 Å². The predicted molar refractivity (Wildman–Crippen MR) is 77.1 cm³/mol. The Balaban J connectivity index is 1.99. The molecule has 1 atom stereocenters. The van der Waals surface area contributed by atoms with Crippen LogP contribution in [0.25, 0.3) is 0 Å². The number of carbonyl (C=O) groups excluding carboxylic acids is 2. The van der Waals surface area contributed by atoms with Crippen LogP contribution in [0.1, 0.15) is 19.8 Å². The van der Waals surface area contributed by atoms with Gasteiger partial charge in [0, 0.05) is 24.8 Å². The lowest BCUT2D eigenvalue weighted by Crippen LogP contribution is -2.42. The van der Waals surface area contributed by atoms with E-state index in [0.717, 1.165) is 0 Å². The van der Waals surface area contributed by atoms with Crippen molar-refractivity contribution in [1.82, 2.24) is 4.90 Å². The van der Waals surface area contributed by atoms with Crippen molar-refractivity contribution in [3.8, 4) is 0 Å². The van der Waals surface area contributed by atoms with Crippen LogP contribution in [-0.4, -0.2) is 40.5 Å². The smallest absolute Gasteiger partial charge is 0.326 e. The molecule has 7 heteroatoms. The summed E-state index contributed by atoms with van der Waals surface area (Å²) in [7, 11) is 0. The van der Waals surface area contributed by atoms with Crippen molar-refractivity contribution in [3.63, 3.8) is 0 Å². The van der Waals surface area contributed by atoms with Crippen molar-refractivity contribution >= 4 is 29.3 Å². The second-order valence-electron chi connectivity index (χ2n) is 4.88. The van der Waals surface area contributed by atoms with Gasteiger partial charge in [-0.15, -0.1) is 0 Å². The molecule has 3 amide bonds. The minimum Gasteiger partial charge on any atom is -0.480 e. The third kappa shape index (κ3) is 3.71. The normalized spacial score (nSPS) is 17.4. The van der Waals surface area contributed by atoms with Crippen molar-refractivity contribution in [3.05, 3.63) is 24.3 Å². The highest BCUT2D eigenvalue weighted by Crippen LogP contribution is 2.20. The van der Waals surface area contributed by atoms with Crippen molar-refractivity contribution in [1.29, 1.82) is 0 Å². The highest BCUT2D eigenvalue weighted by Gasteiger charge is 2.33. The molecule has 2 rings (SSSR count). The monoisotopic (exact) mass is 291 g/mol. The van der Waals surface area contributed by atoms with E-state index in [9.17, 15) is 14.4 Å². The fourth-order valence-electron chi connectivity index (χ4n) is 2.30. The maximum atomic E-state index is 12.1. The molecule has 21 heavy (non-hydrogen) atoms. The van der Waals surface area contributed by atoms with Crippen LogP contribution in [0.2, 0.25) is 0 Å². The minimum absolute atomic E-state index is 0.173. The van der Waals surface area contributed by atoms with Gasteiger partial charge in [0.2, 0.25) is 5.91 Å². The molecule has 0 aliphatic carbocycles. The number of benzene rings is 1. The summed E-state index contributed by atoms with van der Waals surface area (Å²) in [6, 6.07) is 5.44. The van der Waals surface area contributed by atoms with Crippen LogP contribution in [0.4, 0.5) is 16.2 Å². The van der Waals surface area contributed by atoms with Gasteiger partial charge in [0.1, 0.15) is 6.04 Å². The van der Waals surface area contributed by atoms with Crippen LogP contribution < -0.4 is 10.6 Å². The van der Waals surface area contributed by atoms with Gasteiger partial charge in [0.05, 0.1) is 0 Å². The summed E-state index contributed by atoms with van der Waals surface area (Å²) in [5, 5.41) is 14.3. The molecule has 1 aromatic carbocycles. The Labute approximate surface area is 121 Å². The number of amides is 3. The van der Waals surface area contributed by atoms with Gasteiger partial charge in [0.15, 0.2) is 0 Å². The Morgan fingerprint density at radius 1 is 1.14 bits per heavy atom. The van der Waals surface area contributed by atoms with Gasteiger partial charge >= 0.3 is 12.0 Å². The van der Waals surface area contributed by atoms with Gasteiger partial charge in [-0.1, -0.05) is 0 Å². The van der Waals surface area contributed by atoms with Gasteiger partial charge in [-0.05, 0) is 37.1 Å². The maximum Gasteiger partial charge on any atom is 0.326 e. The van der Waals surface area contributed by atoms with Crippen molar-refractivity contribution in [2.75, 3.05) is 17.2 Å². The molecule has 1 aromatic rings. The quantitative estimate of drug-likeness (QED) is 0.789. The van der Waals surface area contributed by atoms with Crippen LogP contribution in [0.3, 0.4) is 0 Å². The van der Waals surface area contributed by atoms with Crippen molar-refractivity contribution < 1.29 is 19.5 Å². The summed E-state index contributed by atoms with van der Waals surface area (Å²) in [5.74, 6) is -1.16. The lowest BCUT2D eigenvalue weighted by atomic mass is 10.2. The van der Waals surface area contributed by atoms with Gasteiger partial charge in [0.25, 0.3) is 0 Å². The molecule has 0 aromatic heterocycles. The highest BCUT2D eigenvalue weighted by atomic mass is 16.4. The van der Waals surface area contributed by atoms with Gasteiger partial charge in [-0.25, -0.2) is 9.59 Å². The molecule has 3 N–H and O–H groups in total. The fourth-order valence-corrected chi connectivity index (χ4v) is 2.30. The first-order chi connectivity index (χ1) is 9.97. The summed E-state index contributed by atoms with van der Waals surface area (Å²) in [6.45, 7) is 1.85. The number of anilines is 2. The first kappa shape index (κ1) is 14.8. The summed E-state index contributed by atoms with van der Waals surface area (Å²) in [4.78, 5) is 35.4. The Kier molecular flexibility index (Phi) is 4.42. The molecule has 1 aliphatic rings. The molecular formula is C14H17N3O4. The largest absolute Gasteiger partial charge is 0.480 e. The van der Waals surface area contributed by atoms with Crippen LogP contribution in [0.5, 0.6) is 0 Å². The van der Waals surface area contributed by atoms with Gasteiger partial charge in [-0.3, -0.25) is 4.79 Å². The third-order valence-electron chi connectivity index (χ3n) is 3.26. The Bertz CT molecular complexity index is 556. The van der Waals surface area contributed by atoms with Crippen LogP contribution in [0.15, 0.2) is 24.3 Å².